The lowest BCUT2D eigenvalue weighted by Crippen LogP contribution is -2.34. The van der Waals surface area contributed by atoms with Crippen LogP contribution in [0.2, 0.25) is 0 Å². The summed E-state index contributed by atoms with van der Waals surface area (Å²) in [6.45, 7) is 3.83. The van der Waals surface area contributed by atoms with Gasteiger partial charge < -0.3 is 10.1 Å². The third-order valence-corrected chi connectivity index (χ3v) is 3.18. The molecule has 94 valence electrons. The Morgan fingerprint density at radius 2 is 2.24 bits per heavy atom. The highest BCUT2D eigenvalue weighted by Gasteiger charge is 2.11. The quantitative estimate of drug-likeness (QED) is 0.794. The van der Waals surface area contributed by atoms with Gasteiger partial charge in [0.05, 0.1) is 12.3 Å². The van der Waals surface area contributed by atoms with E-state index in [1.165, 1.54) is 32.2 Å². The molecule has 1 N–H and O–H groups in total. The van der Waals surface area contributed by atoms with Gasteiger partial charge in [-0.05, 0) is 39.2 Å². The van der Waals surface area contributed by atoms with Crippen LogP contribution in [-0.4, -0.2) is 29.2 Å². The van der Waals surface area contributed by atoms with Crippen LogP contribution >= 0.6 is 0 Å². The third-order valence-electron chi connectivity index (χ3n) is 3.18. The van der Waals surface area contributed by atoms with Gasteiger partial charge in [0.15, 0.2) is 0 Å². The minimum atomic E-state index is 0.670. The molecule has 1 saturated heterocycles. The number of hydrogen-bond donors (Lipinski definition) is 1. The smallest absolute Gasteiger partial charge is 0.235 e. The molecule has 4 heteroatoms. The van der Waals surface area contributed by atoms with Gasteiger partial charge in [0.25, 0.3) is 0 Å². The number of nitrogens with one attached hydrogen (secondary N) is 1. The van der Waals surface area contributed by atoms with Crippen LogP contribution in [0.25, 0.3) is 0 Å². The molecule has 2 rings (SSSR count). The minimum Gasteiger partial charge on any atom is -0.476 e. The van der Waals surface area contributed by atoms with E-state index in [0.717, 1.165) is 18.7 Å². The van der Waals surface area contributed by atoms with E-state index in [9.17, 15) is 0 Å². The normalized spacial score (nSPS) is 20.2. The summed E-state index contributed by atoms with van der Waals surface area (Å²) in [7, 11) is 0. The highest BCUT2D eigenvalue weighted by Crippen LogP contribution is 2.13. The van der Waals surface area contributed by atoms with Crippen molar-refractivity contribution in [2.75, 3.05) is 13.2 Å². The molecule has 2 heterocycles. The van der Waals surface area contributed by atoms with Gasteiger partial charge in [-0.3, -0.25) is 4.98 Å². The summed E-state index contributed by atoms with van der Waals surface area (Å²) >= 11 is 0. The Balaban J connectivity index is 1.64. The van der Waals surface area contributed by atoms with Crippen molar-refractivity contribution in [3.8, 4) is 5.88 Å². The maximum absolute atomic E-state index is 5.63. The summed E-state index contributed by atoms with van der Waals surface area (Å²) in [6, 6.07) is 0.690. The predicted octanol–water partition coefficient (Wildman–Crippen LogP) is 2.09. The standard InChI is InChI=1S/C13H21N3O/c1-11-13(16-9-8-14-11)17-10-4-6-12-5-2-3-7-15-12/h8-9,12,15H,2-7,10H2,1H3/t12-/m1/s1. The van der Waals surface area contributed by atoms with Crippen molar-refractivity contribution in [3.05, 3.63) is 18.1 Å². The van der Waals surface area contributed by atoms with Crippen LogP contribution in [0, 0.1) is 6.92 Å². The van der Waals surface area contributed by atoms with Gasteiger partial charge in [-0.2, -0.15) is 0 Å². The molecule has 4 nitrogen and oxygen atoms in total. The molecule has 17 heavy (non-hydrogen) atoms. The van der Waals surface area contributed by atoms with Crippen LogP contribution in [0.5, 0.6) is 5.88 Å². The molecule has 0 amide bonds. The van der Waals surface area contributed by atoms with E-state index in [2.05, 4.69) is 15.3 Å². The summed E-state index contributed by atoms with van der Waals surface area (Å²) < 4.78 is 5.63. The molecule has 0 radical (unpaired) electrons. The van der Waals surface area contributed by atoms with Crippen molar-refractivity contribution in [1.29, 1.82) is 0 Å². The maximum Gasteiger partial charge on any atom is 0.235 e. The first kappa shape index (κ1) is 12.3. The average Bonchev–Trinajstić information content (AvgIpc) is 2.38. The zero-order valence-electron chi connectivity index (χ0n) is 10.5. The number of piperidine rings is 1. The Kier molecular flexibility index (Phi) is 4.74. The second kappa shape index (κ2) is 6.55. The van der Waals surface area contributed by atoms with Crippen molar-refractivity contribution in [2.24, 2.45) is 0 Å². The molecule has 0 unspecified atom stereocenters. The lowest BCUT2D eigenvalue weighted by molar-refractivity contribution is 0.274. The van der Waals surface area contributed by atoms with E-state index in [0.29, 0.717) is 11.9 Å². The van der Waals surface area contributed by atoms with Crippen molar-refractivity contribution in [1.82, 2.24) is 15.3 Å². The number of hydrogen-bond acceptors (Lipinski definition) is 4. The van der Waals surface area contributed by atoms with Gasteiger partial charge >= 0.3 is 0 Å². The Morgan fingerprint density at radius 3 is 3.00 bits per heavy atom. The van der Waals surface area contributed by atoms with Gasteiger partial charge in [-0.25, -0.2) is 4.98 Å². The lowest BCUT2D eigenvalue weighted by Gasteiger charge is -2.23. The van der Waals surface area contributed by atoms with E-state index in [-0.39, 0.29) is 0 Å². The molecule has 1 fully saturated rings. The molecule has 0 aromatic carbocycles. The highest BCUT2D eigenvalue weighted by atomic mass is 16.5. The van der Waals surface area contributed by atoms with Crippen molar-refractivity contribution >= 4 is 0 Å². The number of nitrogens with zero attached hydrogens (tertiary/aromatic N) is 2. The first-order valence-electron chi connectivity index (χ1n) is 6.50. The molecular formula is C13H21N3O. The molecular weight excluding hydrogens is 214 g/mol. The Labute approximate surface area is 103 Å². The van der Waals surface area contributed by atoms with Crippen LogP contribution in [0.1, 0.15) is 37.8 Å². The summed E-state index contributed by atoms with van der Waals surface area (Å²) in [4.78, 5) is 8.31. The molecule has 0 saturated carbocycles. The molecule has 0 spiro atoms. The van der Waals surface area contributed by atoms with Crippen LogP contribution in [0.4, 0.5) is 0 Å². The number of rotatable bonds is 5. The van der Waals surface area contributed by atoms with Crippen LogP contribution < -0.4 is 10.1 Å². The van der Waals surface area contributed by atoms with Crippen molar-refractivity contribution in [2.45, 2.75) is 45.1 Å². The first-order valence-corrected chi connectivity index (χ1v) is 6.50. The molecule has 1 aromatic rings. The fourth-order valence-corrected chi connectivity index (χ4v) is 2.21. The topological polar surface area (TPSA) is 47.0 Å². The van der Waals surface area contributed by atoms with Crippen LogP contribution in [0.15, 0.2) is 12.4 Å². The molecule has 1 aromatic heterocycles. The Bertz CT molecular complexity index is 337. The number of aryl methyl sites for hydroxylation is 1. The second-order valence-corrected chi connectivity index (χ2v) is 4.58. The highest BCUT2D eigenvalue weighted by molar-refractivity contribution is 5.14. The maximum atomic E-state index is 5.63. The summed E-state index contributed by atoms with van der Waals surface area (Å²) in [6.07, 6.45) is 9.63. The minimum absolute atomic E-state index is 0.670. The van der Waals surface area contributed by atoms with E-state index in [4.69, 9.17) is 4.74 Å². The van der Waals surface area contributed by atoms with Crippen molar-refractivity contribution < 1.29 is 4.74 Å². The predicted molar refractivity (Wildman–Crippen MR) is 67.1 cm³/mol. The van der Waals surface area contributed by atoms with E-state index >= 15 is 0 Å². The van der Waals surface area contributed by atoms with Crippen LogP contribution in [-0.2, 0) is 0 Å². The fraction of sp³-hybridized carbons (Fsp3) is 0.692. The SMILES string of the molecule is Cc1nccnc1OCCC[C@H]1CCCCN1. The van der Waals surface area contributed by atoms with E-state index in [1.54, 1.807) is 12.4 Å². The molecule has 1 aliphatic rings. The third kappa shape index (κ3) is 3.97. The summed E-state index contributed by atoms with van der Waals surface area (Å²) in [5, 5.41) is 3.55. The summed E-state index contributed by atoms with van der Waals surface area (Å²) in [5.41, 5.74) is 0.864. The number of aromatic nitrogens is 2. The van der Waals surface area contributed by atoms with Crippen molar-refractivity contribution in [3.63, 3.8) is 0 Å². The Morgan fingerprint density at radius 1 is 1.35 bits per heavy atom. The van der Waals surface area contributed by atoms with E-state index in [1.807, 2.05) is 6.92 Å². The zero-order chi connectivity index (χ0) is 11.9. The fourth-order valence-electron chi connectivity index (χ4n) is 2.21. The van der Waals surface area contributed by atoms with Gasteiger partial charge in [0.1, 0.15) is 0 Å². The van der Waals surface area contributed by atoms with Gasteiger partial charge in [0.2, 0.25) is 5.88 Å². The van der Waals surface area contributed by atoms with E-state index < -0.39 is 0 Å². The second-order valence-electron chi connectivity index (χ2n) is 4.58. The Hall–Kier alpha value is -1.16. The van der Waals surface area contributed by atoms with Crippen LogP contribution in [0.3, 0.4) is 0 Å². The van der Waals surface area contributed by atoms with Gasteiger partial charge in [-0.15, -0.1) is 0 Å². The number of ether oxygens (including phenoxy) is 1. The average molecular weight is 235 g/mol. The zero-order valence-corrected chi connectivity index (χ0v) is 10.5. The molecule has 0 aliphatic carbocycles. The largest absolute Gasteiger partial charge is 0.476 e. The molecule has 1 atom stereocenters. The molecule has 0 bridgehead atoms. The monoisotopic (exact) mass is 235 g/mol. The van der Waals surface area contributed by atoms with Gasteiger partial charge in [0, 0.05) is 18.4 Å². The lowest BCUT2D eigenvalue weighted by atomic mass is 10.0. The summed E-state index contributed by atoms with van der Waals surface area (Å²) in [5.74, 6) is 0.670. The first-order chi connectivity index (χ1) is 8.36. The van der Waals surface area contributed by atoms with Gasteiger partial charge in [-0.1, -0.05) is 6.42 Å². The molecule has 1 aliphatic heterocycles.